The number of hydrogen-bond acceptors (Lipinski definition) is 2. The maximum Gasteiger partial charge on any atom is 0.266 e. The minimum atomic E-state index is -3.13. The third-order valence-electron chi connectivity index (χ3n) is 2.55. The van der Waals surface area contributed by atoms with Crippen LogP contribution in [0, 0.1) is 17.5 Å². The van der Waals surface area contributed by atoms with Crippen LogP contribution in [0.1, 0.15) is 17.6 Å². The van der Waals surface area contributed by atoms with E-state index in [1.165, 1.54) is 6.07 Å². The van der Waals surface area contributed by atoms with Crippen LogP contribution in [0.5, 0.6) is 5.88 Å². The number of ether oxygens (including phenoxy) is 1. The van der Waals surface area contributed by atoms with Crippen molar-refractivity contribution in [3.63, 3.8) is 0 Å². The van der Waals surface area contributed by atoms with Gasteiger partial charge in [0.15, 0.2) is 5.82 Å². The van der Waals surface area contributed by atoms with E-state index in [2.05, 4.69) is 20.9 Å². The van der Waals surface area contributed by atoms with Crippen LogP contribution in [0.2, 0.25) is 0 Å². The smallest absolute Gasteiger partial charge is 0.266 e. The van der Waals surface area contributed by atoms with Crippen molar-refractivity contribution in [3.8, 4) is 5.88 Å². The van der Waals surface area contributed by atoms with Gasteiger partial charge in [0.2, 0.25) is 0 Å². The van der Waals surface area contributed by atoms with Gasteiger partial charge in [-0.25, -0.2) is 26.9 Å². The van der Waals surface area contributed by atoms with E-state index < -0.39 is 41.9 Å². The fourth-order valence-electron chi connectivity index (χ4n) is 1.53. The van der Waals surface area contributed by atoms with Crippen molar-refractivity contribution in [2.75, 3.05) is 0 Å². The highest BCUT2D eigenvalue weighted by molar-refractivity contribution is 9.10. The lowest BCUT2D eigenvalue weighted by Gasteiger charge is -2.09. The van der Waals surface area contributed by atoms with Gasteiger partial charge in [0.1, 0.15) is 22.8 Å². The van der Waals surface area contributed by atoms with Gasteiger partial charge < -0.3 is 4.74 Å². The van der Waals surface area contributed by atoms with Crippen LogP contribution in [-0.2, 0) is 6.61 Å². The topological polar surface area (TPSA) is 22.1 Å². The standard InChI is InChI=1S/C13H7BrF5NO/c14-11-2-1-8(15)13(20-11)21-5-6-3-10(17)7(12(18)19)4-9(6)16/h1-4,12H,5H2. The molecule has 0 spiro atoms. The number of pyridine rings is 1. The SMILES string of the molecule is Fc1cc(C(F)F)c(F)cc1COc1nc(Br)ccc1F. The minimum absolute atomic E-state index is 0.290. The Hall–Kier alpha value is -1.70. The molecule has 112 valence electrons. The molecule has 2 aromatic rings. The molecule has 2 rings (SSSR count). The van der Waals surface area contributed by atoms with E-state index in [9.17, 15) is 22.0 Å². The highest BCUT2D eigenvalue weighted by Gasteiger charge is 2.18. The second-order valence-corrected chi connectivity index (χ2v) is 4.79. The highest BCUT2D eigenvalue weighted by Crippen LogP contribution is 2.26. The summed E-state index contributed by atoms with van der Waals surface area (Å²) in [5.41, 5.74) is -1.36. The molecule has 0 N–H and O–H groups in total. The monoisotopic (exact) mass is 367 g/mol. The first-order chi connectivity index (χ1) is 9.88. The molecule has 8 heteroatoms. The zero-order valence-corrected chi connectivity index (χ0v) is 11.8. The van der Waals surface area contributed by atoms with Crippen molar-refractivity contribution in [3.05, 3.63) is 57.4 Å². The molecule has 0 aliphatic carbocycles. The van der Waals surface area contributed by atoms with Gasteiger partial charge in [0, 0.05) is 5.56 Å². The Balaban J connectivity index is 2.20. The molecule has 1 aromatic carbocycles. The number of hydrogen-bond donors (Lipinski definition) is 0. The van der Waals surface area contributed by atoms with E-state index in [0.29, 0.717) is 16.7 Å². The van der Waals surface area contributed by atoms with E-state index >= 15 is 0 Å². The average Bonchev–Trinajstić information content (AvgIpc) is 2.42. The van der Waals surface area contributed by atoms with E-state index in [4.69, 9.17) is 4.74 Å². The maximum absolute atomic E-state index is 13.6. The number of benzene rings is 1. The van der Waals surface area contributed by atoms with Crippen LogP contribution in [0.4, 0.5) is 22.0 Å². The Bertz CT molecular complexity index is 665. The van der Waals surface area contributed by atoms with Gasteiger partial charge in [-0.2, -0.15) is 0 Å². The Morgan fingerprint density at radius 3 is 2.43 bits per heavy atom. The predicted molar refractivity (Wildman–Crippen MR) is 67.5 cm³/mol. The third kappa shape index (κ3) is 3.69. The molecule has 0 aliphatic heterocycles. The number of aromatic nitrogens is 1. The first kappa shape index (κ1) is 15.7. The average molecular weight is 368 g/mol. The van der Waals surface area contributed by atoms with E-state index in [1.807, 2.05) is 0 Å². The quantitative estimate of drug-likeness (QED) is 0.573. The molecule has 2 nitrogen and oxygen atoms in total. The van der Waals surface area contributed by atoms with Crippen molar-refractivity contribution in [1.29, 1.82) is 0 Å². The summed E-state index contributed by atoms with van der Waals surface area (Å²) in [7, 11) is 0. The summed E-state index contributed by atoms with van der Waals surface area (Å²) in [5, 5.41) is 0. The highest BCUT2D eigenvalue weighted by atomic mass is 79.9. The zero-order valence-electron chi connectivity index (χ0n) is 10.2. The van der Waals surface area contributed by atoms with Crippen LogP contribution in [0.3, 0.4) is 0 Å². The van der Waals surface area contributed by atoms with Crippen molar-refractivity contribution >= 4 is 15.9 Å². The van der Waals surface area contributed by atoms with Crippen LogP contribution >= 0.6 is 15.9 Å². The normalized spacial score (nSPS) is 11.0. The number of nitrogens with zero attached hydrogens (tertiary/aromatic N) is 1. The van der Waals surface area contributed by atoms with Crippen LogP contribution < -0.4 is 4.74 Å². The molecule has 0 saturated carbocycles. The van der Waals surface area contributed by atoms with Crippen LogP contribution in [0.25, 0.3) is 0 Å². The van der Waals surface area contributed by atoms with Crippen molar-refractivity contribution in [2.24, 2.45) is 0 Å². The Morgan fingerprint density at radius 2 is 1.76 bits per heavy atom. The van der Waals surface area contributed by atoms with Gasteiger partial charge >= 0.3 is 0 Å². The van der Waals surface area contributed by atoms with Gasteiger partial charge in [-0.3, -0.25) is 0 Å². The summed E-state index contributed by atoms with van der Waals surface area (Å²) < 4.78 is 70.3. The van der Waals surface area contributed by atoms with Crippen molar-refractivity contribution in [2.45, 2.75) is 13.0 Å². The number of rotatable bonds is 4. The number of alkyl halides is 2. The molecule has 0 amide bonds. The first-order valence-corrected chi connectivity index (χ1v) is 6.38. The lowest BCUT2D eigenvalue weighted by Crippen LogP contribution is -2.04. The largest absolute Gasteiger partial charge is 0.471 e. The molecular formula is C13H7BrF5NO. The molecule has 1 heterocycles. The second kappa shape index (κ2) is 6.38. The van der Waals surface area contributed by atoms with Crippen LogP contribution in [0.15, 0.2) is 28.9 Å². The molecule has 0 atom stereocenters. The Kier molecular flexibility index (Phi) is 4.76. The Morgan fingerprint density at radius 1 is 1.05 bits per heavy atom. The zero-order chi connectivity index (χ0) is 15.6. The summed E-state index contributed by atoms with van der Waals surface area (Å²) in [6.07, 6.45) is -3.13. The molecule has 1 aromatic heterocycles. The number of halogens is 6. The van der Waals surface area contributed by atoms with Gasteiger partial charge in [0.25, 0.3) is 12.3 Å². The molecule has 0 fully saturated rings. The molecule has 0 bridgehead atoms. The molecule has 0 saturated heterocycles. The van der Waals surface area contributed by atoms with Gasteiger partial charge in [-0.05, 0) is 40.2 Å². The van der Waals surface area contributed by atoms with Gasteiger partial charge in [0.05, 0.1) is 5.56 Å². The van der Waals surface area contributed by atoms with E-state index in [0.717, 1.165) is 6.07 Å². The van der Waals surface area contributed by atoms with Crippen molar-refractivity contribution in [1.82, 2.24) is 4.98 Å². The first-order valence-electron chi connectivity index (χ1n) is 5.59. The summed E-state index contributed by atoms with van der Waals surface area (Å²) in [5.74, 6) is -3.53. The summed E-state index contributed by atoms with van der Waals surface area (Å²) in [6, 6.07) is 3.39. The molecular weight excluding hydrogens is 361 g/mol. The molecule has 0 unspecified atom stereocenters. The minimum Gasteiger partial charge on any atom is -0.471 e. The fraction of sp³-hybridized carbons (Fsp3) is 0.154. The fourth-order valence-corrected chi connectivity index (χ4v) is 1.82. The third-order valence-corrected chi connectivity index (χ3v) is 2.99. The van der Waals surface area contributed by atoms with Gasteiger partial charge in [-0.15, -0.1) is 0 Å². The predicted octanol–water partition coefficient (Wildman–Crippen LogP) is 4.78. The van der Waals surface area contributed by atoms with E-state index in [1.54, 1.807) is 0 Å². The van der Waals surface area contributed by atoms with Crippen molar-refractivity contribution < 1.29 is 26.7 Å². The molecule has 0 aliphatic rings. The lowest BCUT2D eigenvalue weighted by molar-refractivity contribution is 0.145. The molecule has 0 radical (unpaired) electrons. The van der Waals surface area contributed by atoms with Crippen LogP contribution in [-0.4, -0.2) is 4.98 Å². The second-order valence-electron chi connectivity index (χ2n) is 3.98. The lowest BCUT2D eigenvalue weighted by atomic mass is 10.1. The maximum atomic E-state index is 13.6. The van der Waals surface area contributed by atoms with E-state index in [-0.39, 0.29) is 5.56 Å². The van der Waals surface area contributed by atoms with Gasteiger partial charge in [-0.1, -0.05) is 0 Å². The Labute approximate surface area is 124 Å². The molecule has 21 heavy (non-hydrogen) atoms. The summed E-state index contributed by atoms with van der Waals surface area (Å²) in [4.78, 5) is 3.67. The summed E-state index contributed by atoms with van der Waals surface area (Å²) >= 11 is 3.00. The summed E-state index contributed by atoms with van der Waals surface area (Å²) in [6.45, 7) is -0.549.